The molecule has 2 amide bonds. The van der Waals surface area contributed by atoms with Gasteiger partial charge in [-0.1, -0.05) is 0 Å². The lowest BCUT2D eigenvalue weighted by atomic mass is 10.1. The molecule has 1 fully saturated rings. The number of amides is 2. The molecule has 0 saturated carbocycles. The number of carbonyl (C=O) groups excluding carboxylic acids is 1. The van der Waals surface area contributed by atoms with E-state index >= 15 is 0 Å². The molecular weight excluding hydrogens is 258 g/mol. The van der Waals surface area contributed by atoms with E-state index in [-0.39, 0.29) is 18.5 Å². The second kappa shape index (κ2) is 8.09. The zero-order valence-electron chi connectivity index (χ0n) is 12.8. The number of carboxylic acids is 1. The third-order valence-corrected chi connectivity index (χ3v) is 3.73. The van der Waals surface area contributed by atoms with E-state index in [0.29, 0.717) is 18.9 Å². The van der Waals surface area contributed by atoms with E-state index in [1.165, 1.54) is 0 Å². The number of carboxylic acid groups (broad SMARTS) is 1. The first-order chi connectivity index (χ1) is 9.40. The second-order valence-electron chi connectivity index (χ2n) is 5.75. The van der Waals surface area contributed by atoms with Crippen LogP contribution in [0.15, 0.2) is 0 Å². The third-order valence-electron chi connectivity index (χ3n) is 3.73. The Bertz CT molecular complexity index is 326. The largest absolute Gasteiger partial charge is 0.481 e. The topological polar surface area (TPSA) is 72.9 Å². The van der Waals surface area contributed by atoms with Gasteiger partial charge in [0.2, 0.25) is 0 Å². The van der Waals surface area contributed by atoms with Crippen molar-refractivity contribution in [3.63, 3.8) is 0 Å². The summed E-state index contributed by atoms with van der Waals surface area (Å²) in [5, 5.41) is 11.5. The van der Waals surface area contributed by atoms with Gasteiger partial charge in [-0.05, 0) is 33.6 Å². The van der Waals surface area contributed by atoms with Crippen molar-refractivity contribution in [2.24, 2.45) is 0 Å². The van der Waals surface area contributed by atoms with Crippen molar-refractivity contribution in [2.75, 3.05) is 26.2 Å². The highest BCUT2D eigenvalue weighted by atomic mass is 16.4. The molecule has 1 rings (SSSR count). The van der Waals surface area contributed by atoms with Gasteiger partial charge in [-0.15, -0.1) is 0 Å². The summed E-state index contributed by atoms with van der Waals surface area (Å²) in [6, 6.07) is 0.511. The number of hydrogen-bond acceptors (Lipinski definition) is 3. The van der Waals surface area contributed by atoms with E-state index in [1.807, 2.05) is 11.8 Å². The molecule has 0 bridgehead atoms. The van der Waals surface area contributed by atoms with Crippen LogP contribution in [0.2, 0.25) is 0 Å². The molecule has 1 aliphatic heterocycles. The van der Waals surface area contributed by atoms with Crippen LogP contribution in [0, 0.1) is 0 Å². The zero-order chi connectivity index (χ0) is 15.1. The molecule has 0 radical (unpaired) electrons. The number of hydrogen-bond donors (Lipinski definition) is 2. The Hall–Kier alpha value is -1.30. The SMILES string of the molecule is CC(CCCC(=O)O)NC(=O)N1CCN(C(C)C)CC1. The molecule has 1 atom stereocenters. The Labute approximate surface area is 121 Å². The van der Waals surface area contributed by atoms with Crippen LogP contribution < -0.4 is 5.32 Å². The first-order valence-electron chi connectivity index (χ1n) is 7.41. The number of carbonyl (C=O) groups is 2. The third kappa shape index (κ3) is 5.77. The summed E-state index contributed by atoms with van der Waals surface area (Å²) in [4.78, 5) is 26.7. The maximum atomic E-state index is 12.1. The zero-order valence-corrected chi connectivity index (χ0v) is 12.8. The van der Waals surface area contributed by atoms with Crippen molar-refractivity contribution >= 4 is 12.0 Å². The number of nitrogens with one attached hydrogen (secondary N) is 1. The summed E-state index contributed by atoms with van der Waals surface area (Å²) in [5.41, 5.74) is 0. The molecule has 20 heavy (non-hydrogen) atoms. The van der Waals surface area contributed by atoms with E-state index in [4.69, 9.17) is 5.11 Å². The molecule has 6 heteroatoms. The maximum absolute atomic E-state index is 12.1. The predicted molar refractivity (Wildman–Crippen MR) is 77.8 cm³/mol. The predicted octanol–water partition coefficient (Wildman–Crippen LogP) is 1.37. The maximum Gasteiger partial charge on any atom is 0.317 e. The number of aliphatic carboxylic acids is 1. The molecule has 1 heterocycles. The summed E-state index contributed by atoms with van der Waals surface area (Å²) in [7, 11) is 0. The Kier molecular flexibility index (Phi) is 6.78. The minimum atomic E-state index is -0.784. The molecule has 6 nitrogen and oxygen atoms in total. The number of nitrogens with zero attached hydrogens (tertiary/aromatic N) is 2. The van der Waals surface area contributed by atoms with Gasteiger partial charge in [0, 0.05) is 44.7 Å². The van der Waals surface area contributed by atoms with Crippen molar-refractivity contribution in [2.45, 2.75) is 52.1 Å². The average Bonchev–Trinajstić information content (AvgIpc) is 2.38. The Balaban J connectivity index is 2.24. The Morgan fingerprint density at radius 1 is 1.15 bits per heavy atom. The van der Waals surface area contributed by atoms with E-state index in [9.17, 15) is 9.59 Å². The van der Waals surface area contributed by atoms with Crippen LogP contribution in [0.25, 0.3) is 0 Å². The fraction of sp³-hybridized carbons (Fsp3) is 0.857. The highest BCUT2D eigenvalue weighted by molar-refractivity contribution is 5.74. The molecule has 116 valence electrons. The lowest BCUT2D eigenvalue weighted by Gasteiger charge is -2.37. The Morgan fingerprint density at radius 2 is 1.75 bits per heavy atom. The molecule has 1 saturated heterocycles. The standard InChI is InChI=1S/C14H27N3O3/c1-11(2)16-7-9-17(10-8-16)14(20)15-12(3)5-4-6-13(18)19/h11-12H,4-10H2,1-3H3,(H,15,20)(H,18,19). The first-order valence-corrected chi connectivity index (χ1v) is 7.41. The molecule has 1 aliphatic rings. The molecule has 0 aliphatic carbocycles. The monoisotopic (exact) mass is 285 g/mol. The van der Waals surface area contributed by atoms with Crippen LogP contribution in [0.1, 0.15) is 40.0 Å². The lowest BCUT2D eigenvalue weighted by Crippen LogP contribution is -2.54. The van der Waals surface area contributed by atoms with Crippen LogP contribution in [0.3, 0.4) is 0 Å². The van der Waals surface area contributed by atoms with Crippen LogP contribution >= 0.6 is 0 Å². The normalized spacial score (nSPS) is 18.1. The number of piperazine rings is 1. The molecular formula is C14H27N3O3. The summed E-state index contributed by atoms with van der Waals surface area (Å²) >= 11 is 0. The van der Waals surface area contributed by atoms with Gasteiger partial charge in [0.05, 0.1) is 0 Å². The van der Waals surface area contributed by atoms with Gasteiger partial charge >= 0.3 is 12.0 Å². The molecule has 0 spiro atoms. The van der Waals surface area contributed by atoms with E-state index < -0.39 is 5.97 Å². The van der Waals surface area contributed by atoms with Gasteiger partial charge in [-0.3, -0.25) is 9.69 Å². The van der Waals surface area contributed by atoms with E-state index in [0.717, 1.165) is 26.2 Å². The quantitative estimate of drug-likeness (QED) is 0.773. The summed E-state index contributed by atoms with van der Waals surface area (Å²) in [5.74, 6) is -0.784. The number of rotatable bonds is 6. The van der Waals surface area contributed by atoms with Crippen molar-refractivity contribution < 1.29 is 14.7 Å². The van der Waals surface area contributed by atoms with Gasteiger partial charge in [0.25, 0.3) is 0 Å². The van der Waals surface area contributed by atoms with Crippen molar-refractivity contribution in [3.8, 4) is 0 Å². The average molecular weight is 285 g/mol. The lowest BCUT2D eigenvalue weighted by molar-refractivity contribution is -0.137. The van der Waals surface area contributed by atoms with Gasteiger partial charge in [-0.25, -0.2) is 4.79 Å². The molecule has 1 unspecified atom stereocenters. The fourth-order valence-electron chi connectivity index (χ4n) is 2.38. The molecule has 2 N–H and O–H groups in total. The summed E-state index contributed by atoms with van der Waals surface area (Å²) in [6.07, 6.45) is 1.45. The molecule has 0 aromatic carbocycles. The van der Waals surface area contributed by atoms with Gasteiger partial charge in [0.15, 0.2) is 0 Å². The van der Waals surface area contributed by atoms with Crippen LogP contribution in [-0.2, 0) is 4.79 Å². The van der Waals surface area contributed by atoms with Gasteiger partial charge < -0.3 is 15.3 Å². The highest BCUT2D eigenvalue weighted by Gasteiger charge is 2.22. The second-order valence-corrected chi connectivity index (χ2v) is 5.75. The van der Waals surface area contributed by atoms with E-state index in [1.54, 1.807) is 0 Å². The van der Waals surface area contributed by atoms with Gasteiger partial charge in [0.1, 0.15) is 0 Å². The Morgan fingerprint density at radius 3 is 2.25 bits per heavy atom. The minimum absolute atomic E-state index is 0.0185. The fourth-order valence-corrected chi connectivity index (χ4v) is 2.38. The van der Waals surface area contributed by atoms with Crippen molar-refractivity contribution in [3.05, 3.63) is 0 Å². The van der Waals surface area contributed by atoms with Crippen LogP contribution in [0.4, 0.5) is 4.79 Å². The highest BCUT2D eigenvalue weighted by Crippen LogP contribution is 2.07. The first kappa shape index (κ1) is 16.8. The van der Waals surface area contributed by atoms with Gasteiger partial charge in [-0.2, -0.15) is 0 Å². The smallest absolute Gasteiger partial charge is 0.317 e. The summed E-state index contributed by atoms with van der Waals surface area (Å²) < 4.78 is 0. The molecule has 0 aromatic heterocycles. The molecule has 0 aromatic rings. The van der Waals surface area contributed by atoms with Crippen molar-refractivity contribution in [1.29, 1.82) is 0 Å². The van der Waals surface area contributed by atoms with Crippen LogP contribution in [0.5, 0.6) is 0 Å². The van der Waals surface area contributed by atoms with Crippen LogP contribution in [-0.4, -0.2) is 65.2 Å². The number of urea groups is 1. The minimum Gasteiger partial charge on any atom is -0.481 e. The van der Waals surface area contributed by atoms with E-state index in [2.05, 4.69) is 24.1 Å². The van der Waals surface area contributed by atoms with Crippen molar-refractivity contribution in [1.82, 2.24) is 15.1 Å². The summed E-state index contributed by atoms with van der Waals surface area (Å²) in [6.45, 7) is 9.60.